The predicted octanol–water partition coefficient (Wildman–Crippen LogP) is 3.40. The number of pyridine rings is 2. The minimum atomic E-state index is 0.956. The van der Waals surface area contributed by atoms with Crippen molar-refractivity contribution in [1.82, 2.24) is 9.97 Å². The van der Waals surface area contributed by atoms with Crippen LogP contribution in [0, 0.1) is 6.92 Å². The Morgan fingerprint density at radius 2 is 1.69 bits per heavy atom. The zero-order valence-corrected chi connectivity index (χ0v) is 9.77. The maximum absolute atomic E-state index is 4.37. The Labute approximate surface area is 96.4 Å². The van der Waals surface area contributed by atoms with Gasteiger partial charge in [0.1, 0.15) is 0 Å². The molecule has 0 fully saturated rings. The fourth-order valence-electron chi connectivity index (χ4n) is 1.73. The third kappa shape index (κ3) is 2.45. The highest BCUT2D eigenvalue weighted by atomic mass is 14.8. The van der Waals surface area contributed by atoms with Crippen LogP contribution < -0.4 is 0 Å². The number of nitrogens with zero attached hydrogens (tertiary/aromatic N) is 2. The molecule has 0 saturated heterocycles. The van der Waals surface area contributed by atoms with Crippen molar-refractivity contribution in [2.24, 2.45) is 0 Å². The van der Waals surface area contributed by atoms with Gasteiger partial charge >= 0.3 is 0 Å². The first kappa shape index (κ1) is 10.8. The van der Waals surface area contributed by atoms with E-state index in [2.05, 4.69) is 42.0 Å². The van der Waals surface area contributed by atoms with Gasteiger partial charge in [0.25, 0.3) is 0 Å². The van der Waals surface area contributed by atoms with Crippen molar-refractivity contribution < 1.29 is 0 Å². The molecular formula is C14H16N2. The quantitative estimate of drug-likeness (QED) is 0.779. The van der Waals surface area contributed by atoms with Gasteiger partial charge in [0.15, 0.2) is 0 Å². The third-order valence-corrected chi connectivity index (χ3v) is 2.54. The summed E-state index contributed by atoms with van der Waals surface area (Å²) in [5.74, 6) is 0. The monoisotopic (exact) mass is 212 g/mol. The molecule has 2 rings (SSSR count). The van der Waals surface area contributed by atoms with E-state index in [0.717, 1.165) is 24.2 Å². The van der Waals surface area contributed by atoms with Crippen LogP contribution in [0.15, 0.2) is 36.7 Å². The van der Waals surface area contributed by atoms with Crippen LogP contribution in [0.25, 0.3) is 11.4 Å². The van der Waals surface area contributed by atoms with Crippen LogP contribution >= 0.6 is 0 Å². The Hall–Kier alpha value is -1.70. The lowest BCUT2D eigenvalue weighted by atomic mass is 10.1. The van der Waals surface area contributed by atoms with Crippen molar-refractivity contribution in [2.45, 2.75) is 26.7 Å². The first-order valence-electron chi connectivity index (χ1n) is 5.67. The van der Waals surface area contributed by atoms with Crippen molar-refractivity contribution in [2.75, 3.05) is 0 Å². The van der Waals surface area contributed by atoms with Crippen LogP contribution in [0.1, 0.15) is 24.5 Å². The van der Waals surface area contributed by atoms with Gasteiger partial charge in [-0.05, 0) is 48.7 Å². The highest BCUT2D eigenvalue weighted by Gasteiger charge is 2.01. The average Bonchev–Trinajstić information content (AvgIpc) is 2.30. The van der Waals surface area contributed by atoms with Crippen LogP contribution in [0.2, 0.25) is 0 Å². The van der Waals surface area contributed by atoms with Gasteiger partial charge in [-0.2, -0.15) is 0 Å². The molecule has 0 atom stereocenters. The third-order valence-electron chi connectivity index (χ3n) is 2.54. The van der Waals surface area contributed by atoms with Gasteiger partial charge < -0.3 is 0 Å². The number of aryl methyl sites for hydroxylation is 2. The standard InChI is InChI=1S/C14H16N2/c1-3-4-12-6-8-16-14(10-12)13-9-11(2)5-7-15-13/h5-10H,3-4H2,1-2H3. The van der Waals surface area contributed by atoms with E-state index in [9.17, 15) is 0 Å². The minimum Gasteiger partial charge on any atom is -0.255 e. The molecule has 0 aliphatic heterocycles. The maximum Gasteiger partial charge on any atom is 0.0888 e. The van der Waals surface area contributed by atoms with E-state index in [4.69, 9.17) is 0 Å². The summed E-state index contributed by atoms with van der Waals surface area (Å²) in [6, 6.07) is 8.27. The van der Waals surface area contributed by atoms with Gasteiger partial charge in [0.2, 0.25) is 0 Å². The van der Waals surface area contributed by atoms with E-state index in [1.165, 1.54) is 11.1 Å². The Kier molecular flexibility index (Phi) is 3.30. The Bertz CT molecular complexity index is 478. The summed E-state index contributed by atoms with van der Waals surface area (Å²) >= 11 is 0. The average molecular weight is 212 g/mol. The van der Waals surface area contributed by atoms with Crippen LogP contribution in [0.5, 0.6) is 0 Å². The van der Waals surface area contributed by atoms with E-state index >= 15 is 0 Å². The molecule has 0 aliphatic rings. The van der Waals surface area contributed by atoms with Gasteiger partial charge in [-0.3, -0.25) is 9.97 Å². The molecule has 2 aromatic heterocycles. The molecule has 0 aromatic carbocycles. The fourth-order valence-corrected chi connectivity index (χ4v) is 1.73. The first-order valence-corrected chi connectivity index (χ1v) is 5.67. The van der Waals surface area contributed by atoms with Crippen molar-refractivity contribution in [3.63, 3.8) is 0 Å². The van der Waals surface area contributed by atoms with E-state index in [0.29, 0.717) is 0 Å². The lowest BCUT2D eigenvalue weighted by Crippen LogP contribution is -1.90. The lowest BCUT2D eigenvalue weighted by molar-refractivity contribution is 0.918. The van der Waals surface area contributed by atoms with Crippen LogP contribution in [0.3, 0.4) is 0 Å². The second kappa shape index (κ2) is 4.88. The molecule has 0 bridgehead atoms. The van der Waals surface area contributed by atoms with Crippen LogP contribution in [-0.4, -0.2) is 9.97 Å². The molecule has 2 heteroatoms. The van der Waals surface area contributed by atoms with Gasteiger partial charge in [-0.25, -0.2) is 0 Å². The molecule has 0 unspecified atom stereocenters. The van der Waals surface area contributed by atoms with E-state index in [1.807, 2.05) is 18.5 Å². The minimum absolute atomic E-state index is 0.956. The van der Waals surface area contributed by atoms with Gasteiger partial charge in [-0.15, -0.1) is 0 Å². The summed E-state index contributed by atoms with van der Waals surface area (Å²) in [7, 11) is 0. The first-order chi connectivity index (χ1) is 7.79. The van der Waals surface area contributed by atoms with E-state index in [-0.39, 0.29) is 0 Å². The van der Waals surface area contributed by atoms with Crippen molar-refractivity contribution in [1.29, 1.82) is 0 Å². The Morgan fingerprint density at radius 3 is 2.38 bits per heavy atom. The summed E-state index contributed by atoms with van der Waals surface area (Å²) in [4.78, 5) is 8.72. The maximum atomic E-state index is 4.37. The summed E-state index contributed by atoms with van der Waals surface area (Å²) in [5.41, 5.74) is 4.47. The Morgan fingerprint density at radius 1 is 1.00 bits per heavy atom. The highest BCUT2D eigenvalue weighted by molar-refractivity contribution is 5.55. The second-order valence-corrected chi connectivity index (χ2v) is 4.02. The van der Waals surface area contributed by atoms with Gasteiger partial charge in [-0.1, -0.05) is 13.3 Å². The molecule has 0 aliphatic carbocycles. The largest absolute Gasteiger partial charge is 0.255 e. The summed E-state index contributed by atoms with van der Waals surface area (Å²) in [6.07, 6.45) is 5.95. The fraction of sp³-hybridized carbons (Fsp3) is 0.286. The predicted molar refractivity (Wildman–Crippen MR) is 66.2 cm³/mol. The molecule has 16 heavy (non-hydrogen) atoms. The SMILES string of the molecule is CCCc1ccnc(-c2cc(C)ccn2)c1. The van der Waals surface area contributed by atoms with Crippen molar-refractivity contribution >= 4 is 0 Å². The number of aromatic nitrogens is 2. The lowest BCUT2D eigenvalue weighted by Gasteiger charge is -2.03. The zero-order chi connectivity index (χ0) is 11.4. The molecule has 0 amide bonds. The van der Waals surface area contributed by atoms with Crippen LogP contribution in [-0.2, 0) is 6.42 Å². The summed E-state index contributed by atoms with van der Waals surface area (Å²) in [6.45, 7) is 4.26. The summed E-state index contributed by atoms with van der Waals surface area (Å²) in [5, 5.41) is 0. The molecule has 0 radical (unpaired) electrons. The number of rotatable bonds is 3. The highest BCUT2D eigenvalue weighted by Crippen LogP contribution is 2.16. The molecule has 0 saturated carbocycles. The molecule has 82 valence electrons. The van der Waals surface area contributed by atoms with Gasteiger partial charge in [0.05, 0.1) is 11.4 Å². The normalized spacial score (nSPS) is 10.4. The van der Waals surface area contributed by atoms with Gasteiger partial charge in [0, 0.05) is 12.4 Å². The second-order valence-electron chi connectivity index (χ2n) is 4.02. The molecule has 2 heterocycles. The van der Waals surface area contributed by atoms with Crippen LogP contribution in [0.4, 0.5) is 0 Å². The van der Waals surface area contributed by atoms with E-state index in [1.54, 1.807) is 0 Å². The molecule has 0 spiro atoms. The number of hydrogen-bond acceptors (Lipinski definition) is 2. The van der Waals surface area contributed by atoms with Crippen molar-refractivity contribution in [3.8, 4) is 11.4 Å². The van der Waals surface area contributed by atoms with E-state index < -0.39 is 0 Å². The zero-order valence-electron chi connectivity index (χ0n) is 9.77. The smallest absolute Gasteiger partial charge is 0.0888 e. The molecule has 2 nitrogen and oxygen atoms in total. The van der Waals surface area contributed by atoms with Crippen molar-refractivity contribution in [3.05, 3.63) is 47.8 Å². The Balaban J connectivity index is 2.36. The number of hydrogen-bond donors (Lipinski definition) is 0. The molecular weight excluding hydrogens is 196 g/mol. The summed E-state index contributed by atoms with van der Waals surface area (Å²) < 4.78 is 0. The topological polar surface area (TPSA) is 25.8 Å². The molecule has 0 N–H and O–H groups in total. The molecule has 2 aromatic rings.